The van der Waals surface area contributed by atoms with Crippen molar-refractivity contribution in [1.29, 1.82) is 0 Å². The predicted octanol–water partition coefficient (Wildman–Crippen LogP) is 2.89. The Hall–Kier alpha value is -3.60. The second-order valence-corrected chi connectivity index (χ2v) is 7.50. The third-order valence-electron chi connectivity index (χ3n) is 5.08. The van der Waals surface area contributed by atoms with Crippen LogP contribution >= 0.6 is 0 Å². The Kier molecular flexibility index (Phi) is 4.94. The average molecular weight is 422 g/mol. The molecule has 1 aromatic carbocycles. The van der Waals surface area contributed by atoms with Crippen LogP contribution in [0.25, 0.3) is 22.2 Å². The molecule has 1 aliphatic rings. The molecule has 160 valence electrons. The highest BCUT2D eigenvalue weighted by molar-refractivity contribution is 5.78. The monoisotopic (exact) mass is 422 g/mol. The van der Waals surface area contributed by atoms with E-state index in [1.165, 1.54) is 11.2 Å². The lowest BCUT2D eigenvalue weighted by Gasteiger charge is -2.14. The second kappa shape index (κ2) is 7.91. The highest BCUT2D eigenvalue weighted by Crippen LogP contribution is 2.35. The van der Waals surface area contributed by atoms with Gasteiger partial charge in [0.2, 0.25) is 0 Å². The molecule has 3 aromatic heterocycles. The van der Waals surface area contributed by atoms with Crippen molar-refractivity contribution in [2.24, 2.45) is 5.16 Å². The van der Waals surface area contributed by atoms with Crippen molar-refractivity contribution >= 4 is 27.9 Å². The van der Waals surface area contributed by atoms with Gasteiger partial charge in [-0.1, -0.05) is 29.1 Å². The molecule has 0 aliphatic carbocycles. The molecule has 0 bridgehead atoms. The Labute approximate surface area is 177 Å². The van der Waals surface area contributed by atoms with Crippen molar-refractivity contribution in [3.8, 4) is 5.88 Å². The first-order valence-electron chi connectivity index (χ1n) is 10.1. The lowest BCUT2D eigenvalue weighted by molar-refractivity contribution is -0.0375. The zero-order chi connectivity index (χ0) is 21.4. The summed E-state index contributed by atoms with van der Waals surface area (Å²) >= 11 is 0. The van der Waals surface area contributed by atoms with Crippen molar-refractivity contribution in [2.45, 2.75) is 52.0 Å². The van der Waals surface area contributed by atoms with E-state index in [0.717, 1.165) is 23.2 Å². The summed E-state index contributed by atoms with van der Waals surface area (Å²) < 4.78 is 8.08. The van der Waals surface area contributed by atoms with E-state index < -0.39 is 0 Å². The van der Waals surface area contributed by atoms with E-state index in [0.29, 0.717) is 17.6 Å². The fourth-order valence-electron chi connectivity index (χ4n) is 3.62. The van der Waals surface area contributed by atoms with Gasteiger partial charge in [0.15, 0.2) is 17.3 Å². The minimum atomic E-state index is -0.276. The number of rotatable bonds is 6. The molecule has 0 N–H and O–H groups in total. The predicted molar refractivity (Wildman–Crippen MR) is 111 cm³/mol. The molecule has 0 unspecified atom stereocenters. The Morgan fingerprint density at radius 3 is 2.94 bits per heavy atom. The van der Waals surface area contributed by atoms with Crippen molar-refractivity contribution in [3.63, 3.8) is 0 Å². The molecule has 0 radical (unpaired) electrons. The van der Waals surface area contributed by atoms with Crippen LogP contribution in [-0.4, -0.2) is 52.6 Å². The first-order chi connectivity index (χ1) is 15.1. The van der Waals surface area contributed by atoms with Crippen LogP contribution in [0.4, 0.5) is 0 Å². The lowest BCUT2D eigenvalue weighted by Crippen LogP contribution is -2.21. The van der Waals surface area contributed by atoms with Gasteiger partial charge in [0, 0.05) is 6.42 Å². The summed E-state index contributed by atoms with van der Waals surface area (Å²) in [5.74, 6) is 0.281. The van der Waals surface area contributed by atoms with E-state index in [1.54, 1.807) is 6.33 Å². The minimum absolute atomic E-state index is 0.0652. The summed E-state index contributed by atoms with van der Waals surface area (Å²) in [5, 5.41) is 12.3. The van der Waals surface area contributed by atoms with Gasteiger partial charge in [-0.15, -0.1) is 5.10 Å². The number of hydrogen-bond donors (Lipinski definition) is 0. The van der Waals surface area contributed by atoms with Crippen LogP contribution in [-0.2, 0) is 9.57 Å². The number of para-hydroxylation sites is 1. The van der Waals surface area contributed by atoms with Gasteiger partial charge in [-0.3, -0.25) is 4.57 Å². The molecule has 11 heteroatoms. The summed E-state index contributed by atoms with van der Waals surface area (Å²) in [6.07, 6.45) is 4.08. The summed E-state index contributed by atoms with van der Waals surface area (Å²) in [6.45, 7) is 5.86. The van der Waals surface area contributed by atoms with Gasteiger partial charge >= 0.3 is 0 Å². The molecule has 31 heavy (non-hydrogen) atoms. The smallest absolute Gasteiger partial charge is 0.280 e. The number of nitrogens with zero attached hydrogens (tertiary/aromatic N) is 8. The number of benzene rings is 1. The minimum Gasteiger partial charge on any atom is -0.390 e. The Bertz CT molecular complexity index is 1250. The molecule has 0 saturated carbocycles. The third-order valence-corrected chi connectivity index (χ3v) is 5.08. The molecule has 0 amide bonds. The SMILES string of the molecule is CC[C@H]1O[C@@H](n2cnc3c(On4nnc5ccccc54)ncnc32)C[C@H]1ON=C(C)C. The average Bonchev–Trinajstić information content (AvgIpc) is 3.49. The van der Waals surface area contributed by atoms with Crippen LogP contribution in [0.1, 0.15) is 39.8 Å². The molecular formula is C20H22N8O3. The van der Waals surface area contributed by atoms with Gasteiger partial charge in [-0.05, 0) is 37.6 Å². The number of imidazole rings is 1. The van der Waals surface area contributed by atoms with E-state index in [9.17, 15) is 0 Å². The van der Waals surface area contributed by atoms with E-state index in [1.807, 2.05) is 42.7 Å². The first-order valence-corrected chi connectivity index (χ1v) is 10.1. The summed E-state index contributed by atoms with van der Waals surface area (Å²) in [6, 6.07) is 7.50. The van der Waals surface area contributed by atoms with Crippen LogP contribution < -0.4 is 4.84 Å². The van der Waals surface area contributed by atoms with Crippen LogP contribution in [0.3, 0.4) is 0 Å². The topological polar surface area (TPSA) is 114 Å². The van der Waals surface area contributed by atoms with Crippen LogP contribution in [0.2, 0.25) is 0 Å². The van der Waals surface area contributed by atoms with Gasteiger partial charge in [-0.25, -0.2) is 9.97 Å². The van der Waals surface area contributed by atoms with E-state index in [-0.39, 0.29) is 24.3 Å². The van der Waals surface area contributed by atoms with E-state index in [4.69, 9.17) is 14.4 Å². The molecular weight excluding hydrogens is 400 g/mol. The number of aromatic nitrogens is 7. The molecule has 0 spiro atoms. The maximum absolute atomic E-state index is 6.21. The molecule has 4 heterocycles. The van der Waals surface area contributed by atoms with Gasteiger partial charge in [0.05, 0.1) is 18.1 Å². The summed E-state index contributed by atoms with van der Waals surface area (Å²) in [4.78, 5) is 26.0. The van der Waals surface area contributed by atoms with Gasteiger partial charge in [0.25, 0.3) is 5.88 Å². The van der Waals surface area contributed by atoms with Gasteiger partial charge in [-0.2, -0.15) is 4.98 Å². The molecule has 1 aliphatic heterocycles. The number of hydrogen-bond acceptors (Lipinski definition) is 9. The number of oxime groups is 1. The van der Waals surface area contributed by atoms with Crippen molar-refractivity contribution in [3.05, 3.63) is 36.9 Å². The third kappa shape index (κ3) is 3.56. The maximum Gasteiger partial charge on any atom is 0.280 e. The quantitative estimate of drug-likeness (QED) is 0.344. The van der Waals surface area contributed by atoms with E-state index >= 15 is 0 Å². The fraction of sp³-hybridized carbons (Fsp3) is 0.400. The van der Waals surface area contributed by atoms with Gasteiger partial charge < -0.3 is 14.4 Å². The second-order valence-electron chi connectivity index (χ2n) is 7.50. The molecule has 11 nitrogen and oxygen atoms in total. The zero-order valence-corrected chi connectivity index (χ0v) is 17.4. The normalized spacial score (nSPS) is 20.9. The first kappa shape index (κ1) is 19.4. The summed E-state index contributed by atoms with van der Waals surface area (Å²) in [7, 11) is 0. The molecule has 4 aromatic rings. The zero-order valence-electron chi connectivity index (χ0n) is 17.4. The Morgan fingerprint density at radius 1 is 1.23 bits per heavy atom. The van der Waals surface area contributed by atoms with Crippen LogP contribution in [0, 0.1) is 0 Å². The number of fused-ring (bicyclic) bond motifs is 2. The number of ether oxygens (including phenoxy) is 1. The highest BCUT2D eigenvalue weighted by atomic mass is 16.7. The maximum atomic E-state index is 6.21. The van der Waals surface area contributed by atoms with E-state index in [2.05, 4.69) is 37.3 Å². The molecule has 5 rings (SSSR count). The largest absolute Gasteiger partial charge is 0.390 e. The van der Waals surface area contributed by atoms with Crippen LogP contribution in [0.15, 0.2) is 42.1 Å². The van der Waals surface area contributed by atoms with Crippen molar-refractivity contribution in [1.82, 2.24) is 34.7 Å². The molecule has 1 fully saturated rings. The Morgan fingerprint density at radius 2 is 2.10 bits per heavy atom. The van der Waals surface area contributed by atoms with Crippen molar-refractivity contribution in [2.75, 3.05) is 0 Å². The van der Waals surface area contributed by atoms with Gasteiger partial charge in [0.1, 0.15) is 23.6 Å². The summed E-state index contributed by atoms with van der Waals surface area (Å²) in [5.41, 5.74) is 3.42. The standard InChI is InChI=1S/C20H22N8O3/c1-4-15-16(30-25-12(2)3)9-17(29-15)27-11-23-18-19(27)21-10-22-20(18)31-28-14-8-6-5-7-13(14)24-26-28/h5-8,10-11,15-17H,4,9H2,1-3H3/t15-,16-,17-/m1/s1. The van der Waals surface area contributed by atoms with Crippen molar-refractivity contribution < 1.29 is 14.4 Å². The Balaban J connectivity index is 1.44. The highest BCUT2D eigenvalue weighted by Gasteiger charge is 2.38. The molecule has 3 atom stereocenters. The fourth-order valence-corrected chi connectivity index (χ4v) is 3.62. The lowest BCUT2D eigenvalue weighted by atomic mass is 10.1. The molecule has 1 saturated heterocycles. The van der Waals surface area contributed by atoms with Crippen LogP contribution in [0.5, 0.6) is 5.88 Å².